The SMILES string of the molecule is Cn1cnnc1SCC(=O)NCC(=O)Nc1ccccc1Br. The van der Waals surface area contributed by atoms with Crippen LogP contribution in [0.4, 0.5) is 5.69 Å². The zero-order chi connectivity index (χ0) is 15.9. The number of nitrogens with zero attached hydrogens (tertiary/aromatic N) is 3. The van der Waals surface area contributed by atoms with Crippen LogP contribution in [0.15, 0.2) is 40.2 Å². The maximum atomic E-state index is 11.8. The van der Waals surface area contributed by atoms with Gasteiger partial charge in [-0.1, -0.05) is 23.9 Å². The van der Waals surface area contributed by atoms with E-state index in [2.05, 4.69) is 36.8 Å². The summed E-state index contributed by atoms with van der Waals surface area (Å²) in [5.74, 6) is -0.353. The van der Waals surface area contributed by atoms with Crippen LogP contribution in [0.1, 0.15) is 0 Å². The van der Waals surface area contributed by atoms with Crippen molar-refractivity contribution in [3.8, 4) is 0 Å². The number of benzene rings is 1. The molecule has 1 aromatic carbocycles. The lowest BCUT2D eigenvalue weighted by Crippen LogP contribution is -2.34. The first-order valence-electron chi connectivity index (χ1n) is 6.34. The van der Waals surface area contributed by atoms with Gasteiger partial charge in [-0.25, -0.2) is 0 Å². The number of thioether (sulfide) groups is 1. The molecule has 2 N–H and O–H groups in total. The Bertz CT molecular complexity index is 676. The maximum Gasteiger partial charge on any atom is 0.243 e. The van der Waals surface area contributed by atoms with Crippen molar-refractivity contribution in [3.05, 3.63) is 35.1 Å². The fourth-order valence-corrected chi connectivity index (χ4v) is 2.62. The van der Waals surface area contributed by atoms with Gasteiger partial charge in [-0.05, 0) is 28.1 Å². The number of anilines is 1. The van der Waals surface area contributed by atoms with E-state index in [0.717, 1.165) is 4.47 Å². The van der Waals surface area contributed by atoms with E-state index in [1.54, 1.807) is 24.0 Å². The van der Waals surface area contributed by atoms with Gasteiger partial charge in [0.2, 0.25) is 11.8 Å². The highest BCUT2D eigenvalue weighted by Gasteiger charge is 2.09. The molecule has 0 atom stereocenters. The predicted molar refractivity (Wildman–Crippen MR) is 87.5 cm³/mol. The van der Waals surface area contributed by atoms with Crippen molar-refractivity contribution in [1.29, 1.82) is 0 Å². The Morgan fingerprint density at radius 2 is 2.09 bits per heavy atom. The molecule has 0 saturated carbocycles. The lowest BCUT2D eigenvalue weighted by molar-refractivity contribution is -0.122. The second kappa shape index (κ2) is 7.95. The third kappa shape index (κ3) is 4.85. The van der Waals surface area contributed by atoms with Gasteiger partial charge in [0.25, 0.3) is 0 Å². The molecule has 0 aliphatic rings. The van der Waals surface area contributed by atoms with Crippen LogP contribution in [-0.4, -0.2) is 38.9 Å². The predicted octanol–water partition coefficient (Wildman–Crippen LogP) is 1.42. The van der Waals surface area contributed by atoms with Crippen molar-refractivity contribution in [2.45, 2.75) is 5.16 Å². The zero-order valence-electron chi connectivity index (χ0n) is 11.7. The molecule has 116 valence electrons. The molecule has 2 aromatic rings. The molecule has 0 spiro atoms. The largest absolute Gasteiger partial charge is 0.346 e. The van der Waals surface area contributed by atoms with E-state index in [4.69, 9.17) is 0 Å². The van der Waals surface area contributed by atoms with Gasteiger partial charge in [0.1, 0.15) is 6.33 Å². The Balaban J connectivity index is 1.73. The summed E-state index contributed by atoms with van der Waals surface area (Å²) in [7, 11) is 1.80. The molecule has 9 heteroatoms. The Labute approximate surface area is 140 Å². The van der Waals surface area contributed by atoms with Crippen molar-refractivity contribution in [3.63, 3.8) is 0 Å². The number of rotatable bonds is 6. The quantitative estimate of drug-likeness (QED) is 0.736. The summed E-state index contributed by atoms with van der Waals surface area (Å²) in [4.78, 5) is 23.5. The Hall–Kier alpha value is -1.87. The lowest BCUT2D eigenvalue weighted by Gasteiger charge is -2.08. The smallest absolute Gasteiger partial charge is 0.243 e. The Morgan fingerprint density at radius 1 is 1.32 bits per heavy atom. The summed E-state index contributed by atoms with van der Waals surface area (Å²) < 4.78 is 2.50. The molecule has 0 fully saturated rings. The number of hydrogen-bond donors (Lipinski definition) is 2. The average Bonchev–Trinajstić information content (AvgIpc) is 2.91. The minimum Gasteiger partial charge on any atom is -0.346 e. The normalized spacial score (nSPS) is 10.3. The molecule has 1 aromatic heterocycles. The molecule has 0 aliphatic carbocycles. The van der Waals surface area contributed by atoms with E-state index >= 15 is 0 Å². The first kappa shape index (κ1) is 16.5. The second-order valence-corrected chi connectivity index (χ2v) is 6.11. The van der Waals surface area contributed by atoms with E-state index in [1.165, 1.54) is 11.8 Å². The van der Waals surface area contributed by atoms with Gasteiger partial charge >= 0.3 is 0 Å². The van der Waals surface area contributed by atoms with E-state index in [-0.39, 0.29) is 24.1 Å². The number of amides is 2. The molecule has 0 bridgehead atoms. The summed E-state index contributed by atoms with van der Waals surface area (Å²) in [6, 6.07) is 7.27. The van der Waals surface area contributed by atoms with Gasteiger partial charge < -0.3 is 15.2 Å². The third-order valence-corrected chi connectivity index (χ3v) is 4.32. The van der Waals surface area contributed by atoms with Crippen LogP contribution in [-0.2, 0) is 16.6 Å². The maximum absolute atomic E-state index is 11.8. The van der Waals surface area contributed by atoms with Gasteiger partial charge in [0, 0.05) is 11.5 Å². The monoisotopic (exact) mass is 383 g/mol. The van der Waals surface area contributed by atoms with Crippen molar-refractivity contribution in [2.75, 3.05) is 17.6 Å². The van der Waals surface area contributed by atoms with E-state index in [9.17, 15) is 9.59 Å². The summed E-state index contributed by atoms with van der Waals surface area (Å²) in [6.45, 7) is -0.0838. The van der Waals surface area contributed by atoms with E-state index in [0.29, 0.717) is 10.8 Å². The molecule has 0 radical (unpaired) electrons. The highest BCUT2D eigenvalue weighted by atomic mass is 79.9. The lowest BCUT2D eigenvalue weighted by atomic mass is 10.3. The van der Waals surface area contributed by atoms with Gasteiger partial charge in [-0.15, -0.1) is 10.2 Å². The molecule has 2 amide bonds. The molecule has 22 heavy (non-hydrogen) atoms. The summed E-state index contributed by atoms with van der Waals surface area (Å²) in [5, 5.41) is 13.5. The average molecular weight is 384 g/mol. The van der Waals surface area contributed by atoms with Crippen LogP contribution in [0.2, 0.25) is 0 Å². The minimum absolute atomic E-state index is 0.0838. The molecule has 0 unspecified atom stereocenters. The van der Waals surface area contributed by atoms with Gasteiger partial charge in [0.15, 0.2) is 5.16 Å². The topological polar surface area (TPSA) is 88.9 Å². The molecule has 1 heterocycles. The number of hydrogen-bond acceptors (Lipinski definition) is 5. The number of para-hydroxylation sites is 1. The van der Waals surface area contributed by atoms with Crippen LogP contribution < -0.4 is 10.6 Å². The molecule has 2 rings (SSSR count). The number of aryl methyl sites for hydroxylation is 1. The second-order valence-electron chi connectivity index (χ2n) is 4.32. The Morgan fingerprint density at radius 3 is 2.77 bits per heavy atom. The third-order valence-electron chi connectivity index (χ3n) is 2.60. The van der Waals surface area contributed by atoms with E-state index < -0.39 is 0 Å². The van der Waals surface area contributed by atoms with Crippen molar-refractivity contribution in [1.82, 2.24) is 20.1 Å². The summed E-state index contributed by atoms with van der Waals surface area (Å²) in [6.07, 6.45) is 1.56. The van der Waals surface area contributed by atoms with Crippen LogP contribution in [0.3, 0.4) is 0 Å². The first-order valence-corrected chi connectivity index (χ1v) is 8.12. The standard InChI is InChI=1S/C13H14BrN5O2S/c1-19-8-16-18-13(19)22-7-12(21)15-6-11(20)17-10-5-3-2-4-9(10)14/h2-5,8H,6-7H2,1H3,(H,15,21)(H,17,20). The first-order chi connectivity index (χ1) is 10.6. The molecule has 0 saturated heterocycles. The number of nitrogens with one attached hydrogen (secondary N) is 2. The van der Waals surface area contributed by atoms with Crippen molar-refractivity contribution >= 4 is 45.2 Å². The Kier molecular flexibility index (Phi) is 5.96. The van der Waals surface area contributed by atoms with Crippen LogP contribution in [0.5, 0.6) is 0 Å². The molecule has 0 aliphatic heterocycles. The van der Waals surface area contributed by atoms with Crippen LogP contribution in [0, 0.1) is 0 Å². The fraction of sp³-hybridized carbons (Fsp3) is 0.231. The fourth-order valence-electron chi connectivity index (χ4n) is 1.52. The van der Waals surface area contributed by atoms with E-state index in [1.807, 2.05) is 18.2 Å². The minimum atomic E-state index is -0.288. The van der Waals surface area contributed by atoms with Gasteiger partial charge in [-0.3, -0.25) is 9.59 Å². The number of aromatic nitrogens is 3. The molecular weight excluding hydrogens is 370 g/mol. The summed E-state index contributed by atoms with van der Waals surface area (Å²) >= 11 is 4.60. The molecular formula is C13H14BrN5O2S. The van der Waals surface area contributed by atoms with Crippen LogP contribution >= 0.6 is 27.7 Å². The summed E-state index contributed by atoms with van der Waals surface area (Å²) in [5.41, 5.74) is 0.662. The number of carbonyl (C=O) groups is 2. The zero-order valence-corrected chi connectivity index (χ0v) is 14.1. The number of halogens is 1. The van der Waals surface area contributed by atoms with Crippen molar-refractivity contribution in [2.24, 2.45) is 7.05 Å². The molecule has 7 nitrogen and oxygen atoms in total. The van der Waals surface area contributed by atoms with Crippen molar-refractivity contribution < 1.29 is 9.59 Å². The number of carbonyl (C=O) groups excluding carboxylic acids is 2. The van der Waals surface area contributed by atoms with Crippen LogP contribution in [0.25, 0.3) is 0 Å². The highest BCUT2D eigenvalue weighted by Crippen LogP contribution is 2.20. The van der Waals surface area contributed by atoms with Gasteiger partial charge in [-0.2, -0.15) is 0 Å². The highest BCUT2D eigenvalue weighted by molar-refractivity contribution is 9.10. The van der Waals surface area contributed by atoms with Gasteiger partial charge in [0.05, 0.1) is 18.0 Å².